The molecule has 1 aliphatic carbocycles. The van der Waals surface area contributed by atoms with E-state index in [1.807, 2.05) is 0 Å². The number of carbonyl (C=O) groups is 1. The number of hydrogen-bond acceptors (Lipinski definition) is 3. The van der Waals surface area contributed by atoms with Crippen molar-refractivity contribution in [1.29, 1.82) is 0 Å². The van der Waals surface area contributed by atoms with Crippen molar-refractivity contribution in [3.63, 3.8) is 0 Å². The normalized spacial score (nSPS) is 17.4. The first kappa shape index (κ1) is 10.2. The van der Waals surface area contributed by atoms with E-state index in [2.05, 4.69) is 5.32 Å². The summed E-state index contributed by atoms with van der Waals surface area (Å²) < 4.78 is 5.00. The van der Waals surface area contributed by atoms with Gasteiger partial charge in [-0.1, -0.05) is 0 Å². The zero-order chi connectivity index (χ0) is 10.7. The van der Waals surface area contributed by atoms with Crippen molar-refractivity contribution in [3.05, 3.63) is 24.2 Å². The Kier molecular flexibility index (Phi) is 2.77. The molecule has 1 saturated carbocycles. The van der Waals surface area contributed by atoms with Crippen molar-refractivity contribution in [2.45, 2.75) is 19.3 Å². The van der Waals surface area contributed by atoms with E-state index in [4.69, 9.17) is 10.2 Å². The summed E-state index contributed by atoms with van der Waals surface area (Å²) in [5, 5.41) is 2.88. The van der Waals surface area contributed by atoms with Crippen LogP contribution < -0.4 is 11.1 Å². The fraction of sp³-hybridized carbons (Fsp3) is 0.545. The second kappa shape index (κ2) is 4.06. The van der Waals surface area contributed by atoms with Gasteiger partial charge in [0.15, 0.2) is 5.76 Å². The van der Waals surface area contributed by atoms with Gasteiger partial charge in [-0.3, -0.25) is 4.79 Å². The number of hydrogen-bond donors (Lipinski definition) is 2. The van der Waals surface area contributed by atoms with E-state index in [0.29, 0.717) is 18.8 Å². The zero-order valence-corrected chi connectivity index (χ0v) is 8.66. The maximum absolute atomic E-state index is 11.5. The van der Waals surface area contributed by atoms with Gasteiger partial charge in [-0.2, -0.15) is 0 Å². The molecule has 0 spiro atoms. The molecule has 3 N–H and O–H groups in total. The lowest BCUT2D eigenvalue weighted by atomic mass is 10.0. The standard InChI is InChI=1S/C11H16N2O2/c12-6-5-11(3-4-11)8-13-10(14)9-2-1-7-15-9/h1-2,7H,3-6,8,12H2,(H,13,14). The lowest BCUT2D eigenvalue weighted by Gasteiger charge is -2.13. The summed E-state index contributed by atoms with van der Waals surface area (Å²) in [5.74, 6) is 0.238. The Bertz CT molecular complexity index is 328. The highest BCUT2D eigenvalue weighted by atomic mass is 16.3. The number of amides is 1. The van der Waals surface area contributed by atoms with Crippen molar-refractivity contribution in [2.24, 2.45) is 11.1 Å². The van der Waals surface area contributed by atoms with Crippen molar-refractivity contribution in [1.82, 2.24) is 5.32 Å². The largest absolute Gasteiger partial charge is 0.459 e. The van der Waals surface area contributed by atoms with Crippen LogP contribution in [0.3, 0.4) is 0 Å². The molecule has 1 amide bonds. The molecule has 1 heterocycles. The molecule has 4 heteroatoms. The van der Waals surface area contributed by atoms with E-state index in [-0.39, 0.29) is 11.3 Å². The van der Waals surface area contributed by atoms with Crippen LogP contribution in [0.1, 0.15) is 29.8 Å². The van der Waals surface area contributed by atoms with Gasteiger partial charge in [0.2, 0.25) is 0 Å². The topological polar surface area (TPSA) is 68.3 Å². The first-order valence-electron chi connectivity index (χ1n) is 5.28. The molecule has 0 aliphatic heterocycles. The summed E-state index contributed by atoms with van der Waals surface area (Å²) in [6.45, 7) is 1.40. The van der Waals surface area contributed by atoms with E-state index in [9.17, 15) is 4.79 Å². The lowest BCUT2D eigenvalue weighted by molar-refractivity contribution is 0.0916. The van der Waals surface area contributed by atoms with Crippen molar-refractivity contribution >= 4 is 5.91 Å². The summed E-state index contributed by atoms with van der Waals surface area (Å²) >= 11 is 0. The Hall–Kier alpha value is -1.29. The van der Waals surface area contributed by atoms with Gasteiger partial charge in [-0.05, 0) is 43.4 Å². The molecule has 1 aromatic heterocycles. The van der Waals surface area contributed by atoms with Crippen LogP contribution in [0.25, 0.3) is 0 Å². The number of nitrogens with one attached hydrogen (secondary N) is 1. The molecule has 0 bridgehead atoms. The van der Waals surface area contributed by atoms with Crippen molar-refractivity contribution < 1.29 is 9.21 Å². The highest BCUT2D eigenvalue weighted by Gasteiger charge is 2.41. The summed E-state index contributed by atoms with van der Waals surface area (Å²) in [6, 6.07) is 3.37. The van der Waals surface area contributed by atoms with Crippen LogP contribution in [0.4, 0.5) is 0 Å². The number of furan rings is 1. The third-order valence-electron chi connectivity index (χ3n) is 3.00. The molecule has 0 radical (unpaired) electrons. The van der Waals surface area contributed by atoms with Gasteiger partial charge < -0.3 is 15.5 Å². The average molecular weight is 208 g/mol. The molecule has 1 aliphatic rings. The molecule has 1 fully saturated rings. The van der Waals surface area contributed by atoms with E-state index >= 15 is 0 Å². The highest BCUT2D eigenvalue weighted by molar-refractivity contribution is 5.91. The van der Waals surface area contributed by atoms with E-state index in [0.717, 1.165) is 6.42 Å². The first-order valence-corrected chi connectivity index (χ1v) is 5.28. The molecule has 0 saturated heterocycles. The van der Waals surface area contributed by atoms with Gasteiger partial charge in [-0.15, -0.1) is 0 Å². The molecule has 0 unspecified atom stereocenters. The molecule has 15 heavy (non-hydrogen) atoms. The van der Waals surface area contributed by atoms with Gasteiger partial charge in [0.1, 0.15) is 0 Å². The summed E-state index contributed by atoms with van der Waals surface area (Å²) in [7, 11) is 0. The average Bonchev–Trinajstić information content (AvgIpc) is 2.81. The Labute approximate surface area is 88.8 Å². The monoisotopic (exact) mass is 208 g/mol. The molecule has 4 nitrogen and oxygen atoms in total. The fourth-order valence-corrected chi connectivity index (χ4v) is 1.76. The number of carbonyl (C=O) groups excluding carboxylic acids is 1. The maximum atomic E-state index is 11.5. The predicted molar refractivity (Wildman–Crippen MR) is 56.4 cm³/mol. The summed E-state index contributed by atoms with van der Waals surface area (Å²) in [4.78, 5) is 11.5. The highest BCUT2D eigenvalue weighted by Crippen LogP contribution is 2.47. The van der Waals surface area contributed by atoms with Gasteiger partial charge in [-0.25, -0.2) is 0 Å². The Balaban J connectivity index is 1.81. The predicted octanol–water partition coefficient (Wildman–Crippen LogP) is 1.14. The van der Waals surface area contributed by atoms with Gasteiger partial charge >= 0.3 is 0 Å². The molecule has 2 rings (SSSR count). The quantitative estimate of drug-likeness (QED) is 0.762. The Morgan fingerprint density at radius 1 is 1.60 bits per heavy atom. The molecule has 1 aromatic rings. The Morgan fingerprint density at radius 3 is 2.93 bits per heavy atom. The van der Waals surface area contributed by atoms with Crippen LogP contribution in [0.15, 0.2) is 22.8 Å². The SMILES string of the molecule is NCCC1(CNC(=O)c2ccco2)CC1. The summed E-state index contributed by atoms with van der Waals surface area (Å²) in [5.41, 5.74) is 5.80. The van der Waals surface area contributed by atoms with E-state index in [1.165, 1.54) is 19.1 Å². The maximum Gasteiger partial charge on any atom is 0.286 e. The van der Waals surface area contributed by atoms with E-state index in [1.54, 1.807) is 12.1 Å². The third kappa shape index (κ3) is 2.39. The number of nitrogens with two attached hydrogens (primary N) is 1. The minimum atomic E-state index is -0.136. The second-order valence-electron chi connectivity index (χ2n) is 4.20. The van der Waals surface area contributed by atoms with Gasteiger partial charge in [0.25, 0.3) is 5.91 Å². The van der Waals surface area contributed by atoms with Crippen LogP contribution in [0.5, 0.6) is 0 Å². The van der Waals surface area contributed by atoms with Gasteiger partial charge in [0, 0.05) is 6.54 Å². The number of rotatable bonds is 5. The molecular weight excluding hydrogens is 192 g/mol. The molecule has 82 valence electrons. The second-order valence-corrected chi connectivity index (χ2v) is 4.20. The fourth-order valence-electron chi connectivity index (χ4n) is 1.76. The van der Waals surface area contributed by atoms with Crippen molar-refractivity contribution in [2.75, 3.05) is 13.1 Å². The molecular formula is C11H16N2O2. The first-order chi connectivity index (χ1) is 7.26. The minimum Gasteiger partial charge on any atom is -0.459 e. The minimum absolute atomic E-state index is 0.136. The van der Waals surface area contributed by atoms with Crippen LogP contribution in [0, 0.1) is 5.41 Å². The van der Waals surface area contributed by atoms with Crippen molar-refractivity contribution in [3.8, 4) is 0 Å². The Morgan fingerprint density at radius 2 is 2.40 bits per heavy atom. The zero-order valence-electron chi connectivity index (χ0n) is 8.66. The van der Waals surface area contributed by atoms with Crippen LogP contribution in [-0.2, 0) is 0 Å². The van der Waals surface area contributed by atoms with Gasteiger partial charge in [0.05, 0.1) is 6.26 Å². The third-order valence-corrected chi connectivity index (χ3v) is 3.00. The van der Waals surface area contributed by atoms with Crippen LogP contribution in [0.2, 0.25) is 0 Å². The smallest absolute Gasteiger partial charge is 0.286 e. The summed E-state index contributed by atoms with van der Waals surface area (Å²) in [6.07, 6.45) is 4.83. The van der Waals surface area contributed by atoms with Crippen LogP contribution in [-0.4, -0.2) is 19.0 Å². The lowest BCUT2D eigenvalue weighted by Crippen LogP contribution is -2.31. The van der Waals surface area contributed by atoms with E-state index < -0.39 is 0 Å². The molecule has 0 atom stereocenters. The molecule has 0 aromatic carbocycles. The van der Waals surface area contributed by atoms with Crippen LogP contribution >= 0.6 is 0 Å².